The first-order valence-corrected chi connectivity index (χ1v) is 8.30. The molecule has 0 saturated heterocycles. The molecule has 3 heteroatoms. The second-order valence-corrected chi connectivity index (χ2v) is 6.23. The molecule has 0 aromatic heterocycles. The van der Waals surface area contributed by atoms with Gasteiger partial charge in [0.1, 0.15) is 11.9 Å². The Morgan fingerprint density at radius 3 is 2.81 bits per heavy atom. The van der Waals surface area contributed by atoms with E-state index in [1.807, 2.05) is 0 Å². The number of aliphatic hydroxyl groups excluding tert-OH is 1. The van der Waals surface area contributed by atoms with Crippen LogP contribution in [-0.4, -0.2) is 23.9 Å². The number of hydrogen-bond donors (Lipinski definition) is 2. The van der Waals surface area contributed by atoms with Crippen LogP contribution in [-0.2, 0) is 0 Å². The second kappa shape index (κ2) is 7.81. The SMILES string of the molecule is CCCNC(C)c1cc(C)ccc1OC1CCCCC1O. The van der Waals surface area contributed by atoms with Gasteiger partial charge in [0.15, 0.2) is 0 Å². The number of nitrogens with one attached hydrogen (secondary N) is 1. The molecular weight excluding hydrogens is 262 g/mol. The minimum Gasteiger partial charge on any atom is -0.487 e. The first kappa shape index (κ1) is 16.3. The first-order chi connectivity index (χ1) is 10.1. The highest BCUT2D eigenvalue weighted by Gasteiger charge is 2.26. The van der Waals surface area contributed by atoms with E-state index >= 15 is 0 Å². The zero-order valence-corrected chi connectivity index (χ0v) is 13.6. The molecule has 0 heterocycles. The van der Waals surface area contributed by atoms with Gasteiger partial charge in [-0.2, -0.15) is 0 Å². The quantitative estimate of drug-likeness (QED) is 0.839. The van der Waals surface area contributed by atoms with Gasteiger partial charge in [-0.3, -0.25) is 0 Å². The molecule has 118 valence electrons. The van der Waals surface area contributed by atoms with Crippen molar-refractivity contribution in [2.24, 2.45) is 0 Å². The fourth-order valence-corrected chi connectivity index (χ4v) is 2.96. The van der Waals surface area contributed by atoms with Gasteiger partial charge < -0.3 is 15.2 Å². The Bertz CT molecular complexity index is 447. The molecule has 1 fully saturated rings. The van der Waals surface area contributed by atoms with Gasteiger partial charge in [-0.1, -0.05) is 31.0 Å². The molecule has 1 aromatic carbocycles. The van der Waals surface area contributed by atoms with Crippen LogP contribution >= 0.6 is 0 Å². The number of hydrogen-bond acceptors (Lipinski definition) is 3. The number of aliphatic hydroxyl groups is 1. The van der Waals surface area contributed by atoms with Crippen LogP contribution in [0.1, 0.15) is 63.1 Å². The van der Waals surface area contributed by atoms with E-state index in [0.717, 1.165) is 44.4 Å². The van der Waals surface area contributed by atoms with Crippen LogP contribution in [0.3, 0.4) is 0 Å². The van der Waals surface area contributed by atoms with Crippen LogP contribution in [0.15, 0.2) is 18.2 Å². The van der Waals surface area contributed by atoms with Crippen molar-refractivity contribution in [3.05, 3.63) is 29.3 Å². The summed E-state index contributed by atoms with van der Waals surface area (Å²) >= 11 is 0. The maximum Gasteiger partial charge on any atom is 0.124 e. The average Bonchev–Trinajstić information content (AvgIpc) is 2.48. The lowest BCUT2D eigenvalue weighted by molar-refractivity contribution is 0.00618. The lowest BCUT2D eigenvalue weighted by Gasteiger charge is -2.30. The van der Waals surface area contributed by atoms with Crippen LogP contribution < -0.4 is 10.1 Å². The molecule has 0 amide bonds. The molecule has 0 spiro atoms. The molecule has 0 bridgehead atoms. The minimum absolute atomic E-state index is 0.0569. The van der Waals surface area contributed by atoms with Crippen molar-refractivity contribution in [1.82, 2.24) is 5.32 Å². The van der Waals surface area contributed by atoms with Crippen molar-refractivity contribution >= 4 is 0 Å². The maximum atomic E-state index is 10.1. The summed E-state index contributed by atoms with van der Waals surface area (Å²) in [6, 6.07) is 6.59. The van der Waals surface area contributed by atoms with Crippen LogP contribution in [0.5, 0.6) is 5.75 Å². The Balaban J connectivity index is 2.13. The van der Waals surface area contributed by atoms with E-state index in [1.54, 1.807) is 0 Å². The zero-order chi connectivity index (χ0) is 15.2. The fraction of sp³-hybridized carbons (Fsp3) is 0.667. The van der Waals surface area contributed by atoms with Crippen molar-refractivity contribution in [2.45, 2.75) is 71.1 Å². The fourth-order valence-electron chi connectivity index (χ4n) is 2.96. The monoisotopic (exact) mass is 291 g/mol. The standard InChI is InChI=1S/C18H29NO2/c1-4-11-19-14(3)15-12-13(2)9-10-17(15)21-18-8-6-5-7-16(18)20/h9-10,12,14,16,18-20H,4-8,11H2,1-3H3. The molecule has 1 aliphatic carbocycles. The van der Waals surface area contributed by atoms with E-state index in [2.05, 4.69) is 44.3 Å². The van der Waals surface area contributed by atoms with Gasteiger partial charge in [0.2, 0.25) is 0 Å². The third-order valence-electron chi connectivity index (χ3n) is 4.28. The Kier molecular flexibility index (Phi) is 6.07. The summed E-state index contributed by atoms with van der Waals surface area (Å²) in [5.41, 5.74) is 2.44. The lowest BCUT2D eigenvalue weighted by atomic mass is 9.94. The van der Waals surface area contributed by atoms with Crippen molar-refractivity contribution in [1.29, 1.82) is 0 Å². The highest BCUT2D eigenvalue weighted by molar-refractivity contribution is 5.39. The molecule has 1 aromatic rings. The summed E-state index contributed by atoms with van der Waals surface area (Å²) in [6.45, 7) is 7.45. The third kappa shape index (κ3) is 4.45. The molecule has 3 unspecified atom stereocenters. The molecule has 2 rings (SSSR count). The number of ether oxygens (including phenoxy) is 1. The van der Waals surface area contributed by atoms with Crippen molar-refractivity contribution in [3.63, 3.8) is 0 Å². The van der Waals surface area contributed by atoms with Crippen LogP contribution in [0.2, 0.25) is 0 Å². The molecule has 3 atom stereocenters. The summed E-state index contributed by atoms with van der Waals surface area (Å²) < 4.78 is 6.16. The summed E-state index contributed by atoms with van der Waals surface area (Å²) in [5.74, 6) is 0.919. The van der Waals surface area contributed by atoms with E-state index in [9.17, 15) is 5.11 Å². The molecular formula is C18H29NO2. The van der Waals surface area contributed by atoms with E-state index < -0.39 is 0 Å². The van der Waals surface area contributed by atoms with Gasteiger partial charge in [0.05, 0.1) is 6.10 Å². The second-order valence-electron chi connectivity index (χ2n) is 6.23. The topological polar surface area (TPSA) is 41.5 Å². The molecule has 2 N–H and O–H groups in total. The highest BCUT2D eigenvalue weighted by atomic mass is 16.5. The first-order valence-electron chi connectivity index (χ1n) is 8.30. The Labute approximate surface area is 128 Å². The highest BCUT2D eigenvalue weighted by Crippen LogP contribution is 2.30. The van der Waals surface area contributed by atoms with Crippen LogP contribution in [0.4, 0.5) is 0 Å². The predicted molar refractivity (Wildman–Crippen MR) is 86.8 cm³/mol. The molecule has 0 aliphatic heterocycles. The van der Waals surface area contributed by atoms with Gasteiger partial charge in [-0.05, 0) is 52.1 Å². The number of aryl methyl sites for hydroxylation is 1. The Hall–Kier alpha value is -1.06. The van der Waals surface area contributed by atoms with Crippen molar-refractivity contribution in [2.75, 3.05) is 6.54 Å². The molecule has 1 saturated carbocycles. The number of rotatable bonds is 6. The minimum atomic E-state index is -0.327. The van der Waals surface area contributed by atoms with Crippen LogP contribution in [0, 0.1) is 6.92 Å². The molecule has 21 heavy (non-hydrogen) atoms. The summed E-state index contributed by atoms with van der Waals surface area (Å²) in [4.78, 5) is 0. The largest absolute Gasteiger partial charge is 0.487 e. The summed E-state index contributed by atoms with van der Waals surface area (Å²) in [6.07, 6.45) is 4.79. The Morgan fingerprint density at radius 2 is 2.10 bits per heavy atom. The van der Waals surface area contributed by atoms with E-state index in [1.165, 1.54) is 11.1 Å². The van der Waals surface area contributed by atoms with Crippen molar-refractivity contribution < 1.29 is 9.84 Å². The van der Waals surface area contributed by atoms with Gasteiger partial charge in [0, 0.05) is 11.6 Å². The van der Waals surface area contributed by atoms with E-state index in [-0.39, 0.29) is 18.2 Å². The van der Waals surface area contributed by atoms with Gasteiger partial charge >= 0.3 is 0 Å². The average molecular weight is 291 g/mol. The van der Waals surface area contributed by atoms with Gasteiger partial charge in [-0.25, -0.2) is 0 Å². The maximum absolute atomic E-state index is 10.1. The van der Waals surface area contributed by atoms with Gasteiger partial charge in [0.25, 0.3) is 0 Å². The molecule has 1 aliphatic rings. The normalized spacial score (nSPS) is 23.8. The smallest absolute Gasteiger partial charge is 0.124 e. The lowest BCUT2D eigenvalue weighted by Crippen LogP contribution is -2.35. The van der Waals surface area contributed by atoms with E-state index in [0.29, 0.717) is 0 Å². The Morgan fingerprint density at radius 1 is 1.33 bits per heavy atom. The summed E-state index contributed by atoms with van der Waals surface area (Å²) in [7, 11) is 0. The molecule has 3 nitrogen and oxygen atoms in total. The van der Waals surface area contributed by atoms with Crippen molar-refractivity contribution in [3.8, 4) is 5.75 Å². The van der Waals surface area contributed by atoms with E-state index in [4.69, 9.17) is 4.74 Å². The number of benzene rings is 1. The summed E-state index contributed by atoms with van der Waals surface area (Å²) in [5, 5.41) is 13.6. The predicted octanol–water partition coefficient (Wildman–Crippen LogP) is 3.74. The van der Waals surface area contributed by atoms with Crippen LogP contribution in [0.25, 0.3) is 0 Å². The molecule has 0 radical (unpaired) electrons. The third-order valence-corrected chi connectivity index (χ3v) is 4.28. The van der Waals surface area contributed by atoms with Gasteiger partial charge in [-0.15, -0.1) is 0 Å². The zero-order valence-electron chi connectivity index (χ0n) is 13.6.